The average molecular weight is 502 g/mol. The lowest BCUT2D eigenvalue weighted by Gasteiger charge is -2.15. The van der Waals surface area contributed by atoms with Crippen LogP contribution in [-0.2, 0) is 0 Å². The second-order valence-electron chi connectivity index (χ2n) is 9.96. The van der Waals surface area contributed by atoms with Gasteiger partial charge in [-0.3, -0.25) is 15.1 Å². The van der Waals surface area contributed by atoms with Crippen LogP contribution in [0.2, 0.25) is 0 Å². The van der Waals surface area contributed by atoms with Gasteiger partial charge in [-0.2, -0.15) is 5.10 Å². The molecule has 1 fully saturated rings. The Balaban J connectivity index is 1.24. The number of para-hydroxylation sites is 1. The highest BCUT2D eigenvalue weighted by molar-refractivity contribution is 5.95. The molecule has 5 aromatic heterocycles. The van der Waals surface area contributed by atoms with E-state index in [1.165, 1.54) is 25.7 Å². The molecule has 0 radical (unpaired) electrons. The molecule has 0 amide bonds. The van der Waals surface area contributed by atoms with Crippen LogP contribution in [-0.4, -0.2) is 39.7 Å². The number of imidazole rings is 2. The van der Waals surface area contributed by atoms with E-state index in [9.17, 15) is 0 Å². The highest BCUT2D eigenvalue weighted by Crippen LogP contribution is 2.33. The van der Waals surface area contributed by atoms with E-state index in [4.69, 9.17) is 4.98 Å². The van der Waals surface area contributed by atoms with Crippen molar-refractivity contribution >= 4 is 27.6 Å². The summed E-state index contributed by atoms with van der Waals surface area (Å²) in [6.07, 6.45) is 14.2. The van der Waals surface area contributed by atoms with Crippen LogP contribution < -0.4 is 5.32 Å². The first-order valence-electron chi connectivity index (χ1n) is 12.9. The Bertz CT molecular complexity index is 1800. The smallest absolute Gasteiger partial charge is 0.159 e. The first-order valence-corrected chi connectivity index (χ1v) is 12.9. The van der Waals surface area contributed by atoms with Gasteiger partial charge in [-0.1, -0.05) is 25.5 Å². The molecule has 1 saturated carbocycles. The molecule has 0 unspecified atom stereocenters. The first-order chi connectivity index (χ1) is 18.6. The lowest BCUT2D eigenvalue weighted by molar-refractivity contribution is 0.649. The predicted octanol–water partition coefficient (Wildman–Crippen LogP) is 6.17. The summed E-state index contributed by atoms with van der Waals surface area (Å²) in [6, 6.07) is 10.2. The molecule has 7 rings (SSSR count). The number of aromatic amines is 2. The largest absolute Gasteiger partial charge is 0.358 e. The number of allylic oxidation sites excluding steroid dienone is 1. The van der Waals surface area contributed by atoms with Gasteiger partial charge < -0.3 is 14.9 Å². The van der Waals surface area contributed by atoms with Crippen molar-refractivity contribution in [2.24, 2.45) is 5.92 Å². The Kier molecular flexibility index (Phi) is 5.28. The van der Waals surface area contributed by atoms with Gasteiger partial charge in [-0.15, -0.1) is 0 Å². The maximum Gasteiger partial charge on any atom is 0.159 e. The van der Waals surface area contributed by atoms with E-state index in [0.29, 0.717) is 11.7 Å². The SMILES string of the molecule is C=C(Nc1cncc(-c2cc3c(-c4nc5c(-n6cnc(C)c6)cccc5[nH]4)n[nH]c3cn2)c1)C1CCCC1. The van der Waals surface area contributed by atoms with E-state index in [-0.39, 0.29) is 0 Å². The van der Waals surface area contributed by atoms with Crippen LogP contribution in [0.1, 0.15) is 31.4 Å². The van der Waals surface area contributed by atoms with Crippen molar-refractivity contribution in [2.75, 3.05) is 5.32 Å². The third kappa shape index (κ3) is 3.92. The van der Waals surface area contributed by atoms with Crippen molar-refractivity contribution in [3.63, 3.8) is 0 Å². The Morgan fingerprint density at radius 1 is 1.08 bits per heavy atom. The van der Waals surface area contributed by atoms with Crippen LogP contribution in [0.25, 0.3) is 50.4 Å². The van der Waals surface area contributed by atoms with Crippen LogP contribution in [0.4, 0.5) is 5.69 Å². The summed E-state index contributed by atoms with van der Waals surface area (Å²) in [6.45, 7) is 6.25. The number of nitrogens with zero attached hydrogens (tertiary/aromatic N) is 6. The molecular formula is C29H27N9. The Labute approximate surface area is 219 Å². The lowest BCUT2D eigenvalue weighted by atomic mass is 10.0. The number of rotatable bonds is 6. The highest BCUT2D eigenvalue weighted by atomic mass is 15.1. The summed E-state index contributed by atoms with van der Waals surface area (Å²) >= 11 is 0. The maximum absolute atomic E-state index is 4.94. The molecule has 1 aromatic carbocycles. The molecule has 38 heavy (non-hydrogen) atoms. The summed E-state index contributed by atoms with van der Waals surface area (Å²) in [5, 5.41) is 12.1. The van der Waals surface area contributed by atoms with Crippen LogP contribution in [0.15, 0.2) is 73.7 Å². The van der Waals surface area contributed by atoms with E-state index in [1.807, 2.05) is 54.3 Å². The van der Waals surface area contributed by atoms with Crippen molar-refractivity contribution < 1.29 is 0 Å². The van der Waals surface area contributed by atoms with E-state index >= 15 is 0 Å². The fourth-order valence-corrected chi connectivity index (χ4v) is 5.36. The van der Waals surface area contributed by atoms with Gasteiger partial charge in [0.25, 0.3) is 0 Å². The van der Waals surface area contributed by atoms with E-state index < -0.39 is 0 Å². The third-order valence-corrected chi connectivity index (χ3v) is 7.34. The number of aromatic nitrogens is 8. The second-order valence-corrected chi connectivity index (χ2v) is 9.96. The zero-order valence-corrected chi connectivity index (χ0v) is 21.1. The monoisotopic (exact) mass is 501 g/mol. The van der Waals surface area contributed by atoms with E-state index in [0.717, 1.165) is 61.7 Å². The fourth-order valence-electron chi connectivity index (χ4n) is 5.36. The average Bonchev–Trinajstić information content (AvgIpc) is 3.74. The first kappa shape index (κ1) is 22.4. The minimum atomic E-state index is 0.531. The van der Waals surface area contributed by atoms with Gasteiger partial charge in [0.2, 0.25) is 0 Å². The summed E-state index contributed by atoms with van der Waals surface area (Å²) in [5.41, 5.74) is 9.01. The maximum atomic E-state index is 4.94. The number of hydrogen-bond donors (Lipinski definition) is 3. The predicted molar refractivity (Wildman–Crippen MR) is 149 cm³/mol. The summed E-state index contributed by atoms with van der Waals surface area (Å²) in [4.78, 5) is 21.9. The number of anilines is 1. The lowest BCUT2D eigenvalue weighted by Crippen LogP contribution is -2.07. The molecule has 0 spiro atoms. The van der Waals surface area contributed by atoms with Gasteiger partial charge in [0, 0.05) is 29.0 Å². The minimum Gasteiger partial charge on any atom is -0.358 e. The zero-order chi connectivity index (χ0) is 25.6. The molecule has 1 aliphatic rings. The van der Waals surface area contributed by atoms with Crippen molar-refractivity contribution in [1.29, 1.82) is 0 Å². The van der Waals surface area contributed by atoms with Crippen LogP contribution in [0, 0.1) is 12.8 Å². The normalized spacial score (nSPS) is 14.0. The van der Waals surface area contributed by atoms with Crippen LogP contribution >= 0.6 is 0 Å². The molecule has 0 aliphatic heterocycles. The highest BCUT2D eigenvalue weighted by Gasteiger charge is 2.19. The van der Waals surface area contributed by atoms with Gasteiger partial charge in [-0.25, -0.2) is 9.97 Å². The number of nitrogens with one attached hydrogen (secondary N) is 3. The van der Waals surface area contributed by atoms with Crippen molar-refractivity contribution in [1.82, 2.24) is 39.7 Å². The van der Waals surface area contributed by atoms with Crippen LogP contribution in [0.3, 0.4) is 0 Å². The molecule has 1 aliphatic carbocycles. The molecule has 3 N–H and O–H groups in total. The van der Waals surface area contributed by atoms with Gasteiger partial charge >= 0.3 is 0 Å². The number of fused-ring (bicyclic) bond motifs is 2. The molecule has 9 nitrogen and oxygen atoms in total. The molecule has 188 valence electrons. The Morgan fingerprint density at radius 2 is 1.97 bits per heavy atom. The number of pyridine rings is 2. The summed E-state index contributed by atoms with van der Waals surface area (Å²) in [7, 11) is 0. The standard InChI is InChI=1S/C29H27N9/c1-17-15-38(16-32-17)26-9-5-8-23-28(26)35-29(34-23)27-22-11-24(31-14-25(22)36-37-27)20-10-21(13-30-12-20)33-18(2)19-6-3-4-7-19/h5,8-16,19,33H,2-4,6-7H2,1H3,(H,34,35)(H,36,37). The summed E-state index contributed by atoms with van der Waals surface area (Å²) < 4.78 is 1.99. The van der Waals surface area contributed by atoms with Crippen molar-refractivity contribution in [3.8, 4) is 28.5 Å². The number of H-pyrrole nitrogens is 2. The van der Waals surface area contributed by atoms with Gasteiger partial charge in [0.15, 0.2) is 5.82 Å². The molecule has 0 atom stereocenters. The molecule has 9 heteroatoms. The molecule has 6 aromatic rings. The topological polar surface area (TPSA) is 113 Å². The molecule has 0 saturated heterocycles. The minimum absolute atomic E-state index is 0.531. The molecule has 5 heterocycles. The van der Waals surface area contributed by atoms with E-state index in [2.05, 4.69) is 48.1 Å². The second kappa shape index (κ2) is 8.95. The summed E-state index contributed by atoms with van der Waals surface area (Å²) in [5.74, 6) is 1.22. The third-order valence-electron chi connectivity index (χ3n) is 7.34. The Morgan fingerprint density at radius 3 is 2.82 bits per heavy atom. The number of benzene rings is 1. The van der Waals surface area contributed by atoms with Gasteiger partial charge in [-0.05, 0) is 49.9 Å². The number of aryl methyl sites for hydroxylation is 1. The van der Waals surface area contributed by atoms with E-state index in [1.54, 1.807) is 12.5 Å². The zero-order valence-electron chi connectivity index (χ0n) is 21.1. The van der Waals surface area contributed by atoms with Crippen molar-refractivity contribution in [2.45, 2.75) is 32.6 Å². The van der Waals surface area contributed by atoms with Gasteiger partial charge in [0.05, 0.1) is 52.5 Å². The molecule has 0 bridgehead atoms. The fraction of sp³-hybridized carbons (Fsp3) is 0.207. The van der Waals surface area contributed by atoms with Crippen LogP contribution in [0.5, 0.6) is 0 Å². The van der Waals surface area contributed by atoms with Gasteiger partial charge in [0.1, 0.15) is 11.2 Å². The Hall–Kier alpha value is -4.79. The number of hydrogen-bond acceptors (Lipinski definition) is 6. The quantitative estimate of drug-likeness (QED) is 0.251. The molecular weight excluding hydrogens is 474 g/mol. The van der Waals surface area contributed by atoms with Crippen molar-refractivity contribution in [3.05, 3.63) is 79.4 Å².